The predicted octanol–water partition coefficient (Wildman–Crippen LogP) is 5.55. The number of aromatic hydroxyl groups is 1. The fourth-order valence-corrected chi connectivity index (χ4v) is 11.6. The average molecular weight is 956 g/mol. The molecule has 1 aliphatic carbocycles. The first kappa shape index (κ1) is 47.0. The summed E-state index contributed by atoms with van der Waals surface area (Å²) in [6.07, 6.45) is 13.0. The minimum Gasteiger partial charge on any atom is -0.507 e. The summed E-state index contributed by atoms with van der Waals surface area (Å²) in [7, 11) is 0. The fraction of sp³-hybridized carbons (Fsp3) is 0.481. The lowest BCUT2D eigenvalue weighted by Crippen LogP contribution is -2.70. The summed E-state index contributed by atoms with van der Waals surface area (Å²) in [6, 6.07) is 9.31. The number of nitrogens with zero attached hydrogens (tertiary/aromatic N) is 8. The molecule has 4 atom stereocenters. The molecule has 5 N–H and O–H groups in total. The predicted molar refractivity (Wildman–Crippen MR) is 257 cm³/mol. The molecule has 70 heavy (non-hydrogen) atoms. The number of β-amino-alcohol motifs (C(OH)–C–C–N with tert-alkyl or cyclic N) is 1. The standard InChI is InChI=1S/C52H59F2N11O5/c1-6-35-38(53)17-30(18-39(35)54)23-55-47(68)42-19-34(66)26-65(42)48(69)45(51(3,4)5)59-50(70)63-27-52(28-63)21-33(22-52)62-14-11-31(12-15-62)32-24-56-49(57-25-32)64-16-13-40-44(29(64)2)37-20-41(60-61-46(37)58-40)36-9-7-8-10-43(36)67/h1,7-10,17-18,20,24-25,29,31,33-34,42,45,66-67H,11-16,19,21-23,26-28H2,2-5H3,(H,55,68)(H,58,61)(H,59,70)/t29-,34-,42+,45-/m1/s1. The van der Waals surface area contributed by atoms with Crippen molar-refractivity contribution in [2.45, 2.75) is 109 Å². The van der Waals surface area contributed by atoms with Gasteiger partial charge in [-0.2, -0.15) is 0 Å². The Bertz CT molecular complexity index is 2850. The van der Waals surface area contributed by atoms with Crippen LogP contribution in [0.4, 0.5) is 19.5 Å². The van der Waals surface area contributed by atoms with Gasteiger partial charge in [-0.25, -0.2) is 23.5 Å². The van der Waals surface area contributed by atoms with Gasteiger partial charge < -0.3 is 45.4 Å². The van der Waals surface area contributed by atoms with E-state index in [0.717, 1.165) is 91.7 Å². The Morgan fingerprint density at radius 1 is 1.01 bits per heavy atom. The number of para-hydroxylation sites is 1. The SMILES string of the molecule is C#Cc1c(F)cc(CNC(=O)[C@@H]2C[C@@H](O)CN2C(=O)[C@@H](NC(=O)N2CC3(CC(N4CCC(c5cnc(N6CCc7[nH]c8nnc(-c9ccccc9O)cc8c7[C@H]6C)nc5)CC4)C3)C2)C(C)(C)C)cc1F. The van der Waals surface area contributed by atoms with Crippen LogP contribution >= 0.6 is 0 Å². The minimum atomic E-state index is -1.04. The molecule has 0 bridgehead atoms. The van der Waals surface area contributed by atoms with Gasteiger partial charge in [0, 0.05) is 91.6 Å². The van der Waals surface area contributed by atoms with Crippen molar-refractivity contribution in [2.75, 3.05) is 44.2 Å². The number of terminal acetylenes is 1. The summed E-state index contributed by atoms with van der Waals surface area (Å²) < 4.78 is 28.5. The van der Waals surface area contributed by atoms with Gasteiger partial charge in [0.25, 0.3) is 0 Å². The van der Waals surface area contributed by atoms with E-state index in [0.29, 0.717) is 42.3 Å². The number of benzene rings is 2. The molecule has 1 spiro atoms. The van der Waals surface area contributed by atoms with Crippen LogP contribution in [0.5, 0.6) is 5.75 Å². The molecule has 2 aromatic carbocycles. The molecule has 0 unspecified atom stereocenters. The lowest BCUT2D eigenvalue weighted by Gasteiger charge is -2.61. The van der Waals surface area contributed by atoms with Crippen LogP contribution in [0.25, 0.3) is 22.3 Å². The fourth-order valence-electron chi connectivity index (χ4n) is 11.6. The second-order valence-electron chi connectivity index (χ2n) is 21.1. The number of carbonyl (C=O) groups excluding carboxylic acids is 3. The Morgan fingerprint density at radius 2 is 1.71 bits per heavy atom. The van der Waals surface area contributed by atoms with Crippen molar-refractivity contribution >= 4 is 34.8 Å². The van der Waals surface area contributed by atoms with E-state index in [2.05, 4.69) is 42.5 Å². The third kappa shape index (κ3) is 8.78. The van der Waals surface area contributed by atoms with Crippen LogP contribution in [0.15, 0.2) is 54.9 Å². The van der Waals surface area contributed by atoms with Crippen LogP contribution in [-0.2, 0) is 22.6 Å². The van der Waals surface area contributed by atoms with E-state index in [1.807, 2.05) is 57.3 Å². The average Bonchev–Trinajstić information content (AvgIpc) is 3.89. The molecule has 18 heteroatoms. The Labute approximate surface area is 405 Å². The van der Waals surface area contributed by atoms with Crippen LogP contribution in [0.2, 0.25) is 0 Å². The highest BCUT2D eigenvalue weighted by molar-refractivity contribution is 5.93. The van der Waals surface area contributed by atoms with E-state index < -0.39 is 52.6 Å². The number of likely N-dealkylation sites (tertiary alicyclic amines) is 3. The highest BCUT2D eigenvalue weighted by Gasteiger charge is 2.56. The number of rotatable bonds is 9. The smallest absolute Gasteiger partial charge is 0.318 e. The number of aromatic amines is 1. The number of nitrogens with one attached hydrogen (secondary N) is 3. The number of hydrogen-bond donors (Lipinski definition) is 5. The summed E-state index contributed by atoms with van der Waals surface area (Å²) in [5, 5.41) is 36.5. The van der Waals surface area contributed by atoms with Crippen LogP contribution in [0.1, 0.15) is 99.7 Å². The van der Waals surface area contributed by atoms with Gasteiger partial charge >= 0.3 is 6.03 Å². The van der Waals surface area contributed by atoms with Gasteiger partial charge in [0.15, 0.2) is 5.65 Å². The number of carbonyl (C=O) groups is 3. The third-order valence-electron chi connectivity index (χ3n) is 15.4. The summed E-state index contributed by atoms with van der Waals surface area (Å²) in [6.45, 7) is 11.3. The van der Waals surface area contributed by atoms with Gasteiger partial charge in [-0.05, 0) is 98.5 Å². The topological polar surface area (TPSA) is 196 Å². The zero-order chi connectivity index (χ0) is 49.2. The van der Waals surface area contributed by atoms with Crippen molar-refractivity contribution in [1.29, 1.82) is 0 Å². The second-order valence-corrected chi connectivity index (χ2v) is 21.1. The largest absolute Gasteiger partial charge is 0.507 e. The van der Waals surface area contributed by atoms with E-state index in [1.54, 1.807) is 17.0 Å². The number of piperidine rings is 1. The Hall–Kier alpha value is -6.71. The van der Waals surface area contributed by atoms with Gasteiger partial charge in [-0.15, -0.1) is 16.6 Å². The molecule has 0 radical (unpaired) electrons. The summed E-state index contributed by atoms with van der Waals surface area (Å²) in [5.41, 5.74) is 4.38. The van der Waals surface area contributed by atoms with Crippen molar-refractivity contribution in [3.05, 3.63) is 94.4 Å². The summed E-state index contributed by atoms with van der Waals surface area (Å²) >= 11 is 0. The number of amides is 4. The first-order chi connectivity index (χ1) is 33.5. The Morgan fingerprint density at radius 3 is 2.39 bits per heavy atom. The maximum atomic E-state index is 14.3. The van der Waals surface area contributed by atoms with Crippen molar-refractivity contribution in [2.24, 2.45) is 10.8 Å². The van der Waals surface area contributed by atoms with Crippen molar-refractivity contribution in [3.63, 3.8) is 0 Å². The van der Waals surface area contributed by atoms with Crippen LogP contribution in [0.3, 0.4) is 0 Å². The molecule has 10 rings (SSSR count). The summed E-state index contributed by atoms with van der Waals surface area (Å²) in [4.78, 5) is 62.4. The number of H-pyrrole nitrogens is 1. The van der Waals surface area contributed by atoms with E-state index in [4.69, 9.17) is 16.4 Å². The second kappa shape index (κ2) is 18.2. The number of fused-ring (bicyclic) bond motifs is 3. The van der Waals surface area contributed by atoms with Crippen molar-refractivity contribution in [3.8, 4) is 29.4 Å². The quantitative estimate of drug-likeness (QED) is 0.116. The number of urea groups is 1. The maximum absolute atomic E-state index is 14.3. The Kier molecular flexibility index (Phi) is 12.2. The summed E-state index contributed by atoms with van der Waals surface area (Å²) in [5.74, 6) is 0.274. The number of anilines is 1. The van der Waals surface area contributed by atoms with Gasteiger partial charge in [-0.1, -0.05) is 38.8 Å². The number of hydrogen-bond acceptors (Lipinski definition) is 11. The number of halogens is 2. The van der Waals surface area contributed by atoms with Crippen molar-refractivity contribution in [1.82, 2.24) is 50.5 Å². The molecule has 5 aromatic rings. The number of phenolic OH excluding ortho intramolecular Hbond substituents is 1. The molecule has 4 amide bonds. The lowest BCUT2D eigenvalue weighted by molar-refractivity contribution is -0.142. The van der Waals surface area contributed by atoms with Crippen molar-refractivity contribution < 1.29 is 33.4 Å². The van der Waals surface area contributed by atoms with E-state index >= 15 is 0 Å². The number of aromatic nitrogens is 5. The molecule has 1 saturated carbocycles. The Balaban J connectivity index is 0.694. The van der Waals surface area contributed by atoms with Gasteiger partial charge in [0.2, 0.25) is 17.8 Å². The first-order valence-corrected chi connectivity index (χ1v) is 24.2. The van der Waals surface area contributed by atoms with Gasteiger partial charge in [0.05, 0.1) is 23.4 Å². The zero-order valence-electron chi connectivity index (χ0n) is 39.9. The van der Waals surface area contributed by atoms with Crippen LogP contribution in [-0.4, -0.2) is 131 Å². The lowest BCUT2D eigenvalue weighted by atomic mass is 9.60. The molecule has 3 aromatic heterocycles. The zero-order valence-corrected chi connectivity index (χ0v) is 39.9. The first-order valence-electron chi connectivity index (χ1n) is 24.2. The highest BCUT2D eigenvalue weighted by atomic mass is 19.1. The number of aliphatic hydroxyl groups excluding tert-OH is 1. The van der Waals surface area contributed by atoms with E-state index in [-0.39, 0.29) is 48.3 Å². The number of aliphatic hydroxyl groups is 1. The monoisotopic (exact) mass is 955 g/mol. The molecule has 3 saturated heterocycles. The molecular formula is C52H59F2N11O5. The maximum Gasteiger partial charge on any atom is 0.318 e. The third-order valence-corrected chi connectivity index (χ3v) is 15.4. The van der Waals surface area contributed by atoms with Crippen LogP contribution < -0.4 is 15.5 Å². The molecule has 366 valence electrons. The van der Waals surface area contributed by atoms with Crippen LogP contribution in [0, 0.1) is 34.8 Å². The minimum absolute atomic E-state index is 0.00526. The van der Waals surface area contributed by atoms with Gasteiger partial charge in [0.1, 0.15) is 29.5 Å². The van der Waals surface area contributed by atoms with E-state index in [9.17, 15) is 33.4 Å². The molecule has 4 aliphatic heterocycles. The molecule has 5 aliphatic rings. The normalized spacial score (nSPS) is 22.0. The molecule has 16 nitrogen and oxygen atoms in total. The molecular weight excluding hydrogens is 897 g/mol. The van der Waals surface area contributed by atoms with Gasteiger partial charge in [-0.3, -0.25) is 9.59 Å². The molecule has 4 fully saturated rings. The number of phenols is 1. The molecule has 7 heterocycles. The highest BCUT2D eigenvalue weighted by Crippen LogP contribution is 2.51. The van der Waals surface area contributed by atoms with E-state index in [1.165, 1.54) is 4.90 Å².